The minimum Gasteiger partial charge on any atom is -0.400 e. The summed E-state index contributed by atoms with van der Waals surface area (Å²) in [4.78, 5) is 21.4. The number of furan rings is 1. The van der Waals surface area contributed by atoms with Gasteiger partial charge in [0.05, 0.1) is 18.4 Å². The van der Waals surface area contributed by atoms with E-state index in [0.717, 1.165) is 5.56 Å². The molecule has 0 saturated heterocycles. The lowest BCUT2D eigenvalue weighted by Crippen LogP contribution is -2.18. The topological polar surface area (TPSA) is 118 Å². The van der Waals surface area contributed by atoms with Crippen LogP contribution in [0.4, 0.5) is 5.88 Å². The van der Waals surface area contributed by atoms with Crippen molar-refractivity contribution in [3.05, 3.63) is 63.9 Å². The van der Waals surface area contributed by atoms with Gasteiger partial charge in [0.25, 0.3) is 0 Å². The molecule has 1 aromatic carbocycles. The lowest BCUT2D eigenvalue weighted by molar-refractivity contribution is -0.402. The van der Waals surface area contributed by atoms with E-state index in [2.05, 4.69) is 10.5 Å². The second kappa shape index (κ2) is 7.85. The number of nitrogens with one attached hydrogen (secondary N) is 1. The van der Waals surface area contributed by atoms with Crippen molar-refractivity contribution in [2.45, 2.75) is 18.9 Å². The van der Waals surface area contributed by atoms with Crippen LogP contribution in [-0.4, -0.2) is 22.2 Å². The molecule has 0 aliphatic rings. The number of hydrogen-bond acceptors (Lipinski definition) is 6. The molecule has 0 saturated carbocycles. The number of rotatable bonds is 7. The standard InChI is InChI=1S/C15H15N3O5/c19-13(11-4-2-1-3-5-11)7-8-14(20)17-16-10-12-6-9-15(23-12)18(21)22/h1-6,9-10,13,19H,7-8H2,(H,17,20)/b16-10-/t13-/m0/s1. The van der Waals surface area contributed by atoms with Crippen molar-refractivity contribution in [2.75, 3.05) is 0 Å². The molecule has 1 atom stereocenters. The van der Waals surface area contributed by atoms with Gasteiger partial charge in [-0.1, -0.05) is 30.3 Å². The molecule has 0 unspecified atom stereocenters. The molecule has 1 heterocycles. The first kappa shape index (κ1) is 16.4. The predicted molar refractivity (Wildman–Crippen MR) is 81.7 cm³/mol. The maximum Gasteiger partial charge on any atom is 0.433 e. The van der Waals surface area contributed by atoms with Crippen LogP contribution in [0.3, 0.4) is 0 Å². The zero-order chi connectivity index (χ0) is 16.7. The molecule has 8 heteroatoms. The van der Waals surface area contributed by atoms with E-state index in [0.29, 0.717) is 0 Å². The third-order valence-electron chi connectivity index (χ3n) is 3.00. The third kappa shape index (κ3) is 5.04. The number of carbonyl (C=O) groups excluding carboxylic acids is 1. The van der Waals surface area contributed by atoms with Gasteiger partial charge >= 0.3 is 5.88 Å². The Morgan fingerprint density at radius 3 is 2.74 bits per heavy atom. The van der Waals surface area contributed by atoms with Crippen LogP contribution >= 0.6 is 0 Å². The first-order valence-electron chi connectivity index (χ1n) is 6.85. The lowest BCUT2D eigenvalue weighted by Gasteiger charge is -2.09. The Labute approximate surface area is 131 Å². The first-order valence-corrected chi connectivity index (χ1v) is 6.85. The number of nitro groups is 1. The highest BCUT2D eigenvalue weighted by molar-refractivity contribution is 5.80. The molecule has 0 radical (unpaired) electrons. The van der Waals surface area contributed by atoms with E-state index in [1.165, 1.54) is 18.3 Å². The van der Waals surface area contributed by atoms with Gasteiger partial charge in [0.2, 0.25) is 5.91 Å². The SMILES string of the molecule is O=C(CC[C@H](O)c1ccccc1)N/N=C\c1ccc([N+](=O)[O-])o1. The van der Waals surface area contributed by atoms with E-state index in [9.17, 15) is 20.0 Å². The highest BCUT2D eigenvalue weighted by Gasteiger charge is 2.11. The van der Waals surface area contributed by atoms with Crippen LogP contribution in [0.5, 0.6) is 0 Å². The van der Waals surface area contributed by atoms with Gasteiger partial charge in [-0.2, -0.15) is 5.10 Å². The molecule has 2 rings (SSSR count). The first-order chi connectivity index (χ1) is 11.1. The van der Waals surface area contributed by atoms with Crippen molar-refractivity contribution in [3.63, 3.8) is 0 Å². The highest BCUT2D eigenvalue weighted by Crippen LogP contribution is 2.17. The molecular weight excluding hydrogens is 302 g/mol. The Morgan fingerprint density at radius 1 is 1.35 bits per heavy atom. The van der Waals surface area contributed by atoms with Gasteiger partial charge < -0.3 is 9.52 Å². The average molecular weight is 317 g/mol. The van der Waals surface area contributed by atoms with Crippen LogP contribution in [0.2, 0.25) is 0 Å². The fourth-order valence-electron chi connectivity index (χ4n) is 1.84. The summed E-state index contributed by atoms with van der Waals surface area (Å²) in [5.41, 5.74) is 3.01. The summed E-state index contributed by atoms with van der Waals surface area (Å²) in [6, 6.07) is 11.6. The molecule has 0 aliphatic heterocycles. The number of carbonyl (C=O) groups is 1. The average Bonchev–Trinajstić information content (AvgIpc) is 3.02. The van der Waals surface area contributed by atoms with Gasteiger partial charge in [0, 0.05) is 6.42 Å². The van der Waals surface area contributed by atoms with Crippen LogP contribution in [0.1, 0.15) is 30.3 Å². The van der Waals surface area contributed by atoms with Crippen LogP contribution in [0.25, 0.3) is 0 Å². The Morgan fingerprint density at radius 2 is 2.09 bits per heavy atom. The van der Waals surface area contributed by atoms with Crippen molar-refractivity contribution >= 4 is 18.0 Å². The van der Waals surface area contributed by atoms with Crippen molar-refractivity contribution in [3.8, 4) is 0 Å². The molecule has 23 heavy (non-hydrogen) atoms. The summed E-state index contributed by atoms with van der Waals surface area (Å²) < 4.78 is 4.84. The Kier molecular flexibility index (Phi) is 5.59. The summed E-state index contributed by atoms with van der Waals surface area (Å²) in [5.74, 6) is -0.623. The monoisotopic (exact) mass is 317 g/mol. The minimum atomic E-state index is -0.723. The van der Waals surface area contributed by atoms with Gasteiger partial charge in [-0.25, -0.2) is 5.43 Å². The number of benzene rings is 1. The molecule has 1 aromatic heterocycles. The van der Waals surface area contributed by atoms with Crippen LogP contribution in [-0.2, 0) is 4.79 Å². The molecule has 120 valence electrons. The van der Waals surface area contributed by atoms with Gasteiger partial charge in [-0.15, -0.1) is 0 Å². The maximum atomic E-state index is 11.6. The van der Waals surface area contributed by atoms with Crippen molar-refractivity contribution < 1.29 is 19.2 Å². The number of nitrogens with zero attached hydrogens (tertiary/aromatic N) is 2. The molecule has 0 spiro atoms. The molecule has 2 aromatic rings. The number of aliphatic hydroxyl groups is 1. The largest absolute Gasteiger partial charge is 0.433 e. The Hall–Kier alpha value is -3.00. The van der Waals surface area contributed by atoms with Crippen LogP contribution in [0, 0.1) is 10.1 Å². The fourth-order valence-corrected chi connectivity index (χ4v) is 1.84. The second-order valence-electron chi connectivity index (χ2n) is 4.69. The van der Waals surface area contributed by atoms with Gasteiger partial charge in [-0.05, 0) is 18.1 Å². The number of aliphatic hydroxyl groups excluding tert-OH is 1. The van der Waals surface area contributed by atoms with Crippen molar-refractivity contribution in [1.82, 2.24) is 5.43 Å². The van der Waals surface area contributed by atoms with Gasteiger partial charge in [-0.3, -0.25) is 14.9 Å². The summed E-state index contributed by atoms with van der Waals surface area (Å²) in [5, 5.41) is 24.0. The van der Waals surface area contributed by atoms with E-state index >= 15 is 0 Å². The summed E-state index contributed by atoms with van der Waals surface area (Å²) >= 11 is 0. The smallest absolute Gasteiger partial charge is 0.400 e. The summed E-state index contributed by atoms with van der Waals surface area (Å²) in [6.07, 6.45) is 0.792. The molecule has 0 aliphatic carbocycles. The van der Waals surface area contributed by atoms with E-state index in [1.54, 1.807) is 12.1 Å². The van der Waals surface area contributed by atoms with Crippen molar-refractivity contribution in [1.29, 1.82) is 0 Å². The fraction of sp³-hybridized carbons (Fsp3) is 0.200. The minimum absolute atomic E-state index is 0.0890. The normalized spacial score (nSPS) is 12.2. The third-order valence-corrected chi connectivity index (χ3v) is 3.00. The second-order valence-corrected chi connectivity index (χ2v) is 4.69. The maximum absolute atomic E-state index is 11.6. The predicted octanol–water partition coefficient (Wildman–Crippen LogP) is 2.15. The van der Waals surface area contributed by atoms with E-state index < -0.39 is 16.9 Å². The number of hydrazone groups is 1. The van der Waals surface area contributed by atoms with Crippen molar-refractivity contribution in [2.24, 2.45) is 5.10 Å². The lowest BCUT2D eigenvalue weighted by atomic mass is 10.1. The van der Waals surface area contributed by atoms with Gasteiger partial charge in [0.15, 0.2) is 5.76 Å². The zero-order valence-electron chi connectivity index (χ0n) is 12.1. The molecule has 1 amide bonds. The molecule has 0 fully saturated rings. The number of hydrogen-bond donors (Lipinski definition) is 2. The zero-order valence-corrected chi connectivity index (χ0v) is 12.1. The molecule has 0 bridgehead atoms. The highest BCUT2D eigenvalue weighted by atomic mass is 16.6. The van der Waals surface area contributed by atoms with E-state index in [-0.39, 0.29) is 24.5 Å². The van der Waals surface area contributed by atoms with Crippen LogP contribution < -0.4 is 5.43 Å². The van der Waals surface area contributed by atoms with Gasteiger partial charge in [0.1, 0.15) is 4.92 Å². The summed E-state index contributed by atoms with van der Waals surface area (Å²) in [6.45, 7) is 0. The molecular formula is C15H15N3O5. The Balaban J connectivity index is 1.76. The number of amides is 1. The van der Waals surface area contributed by atoms with Crippen LogP contribution in [0.15, 0.2) is 52.0 Å². The van der Waals surface area contributed by atoms with E-state index in [1.807, 2.05) is 18.2 Å². The van der Waals surface area contributed by atoms with E-state index in [4.69, 9.17) is 4.42 Å². The molecule has 2 N–H and O–H groups in total. The Bertz CT molecular complexity index is 696. The quantitative estimate of drug-likeness (QED) is 0.461. The molecule has 8 nitrogen and oxygen atoms in total. The summed E-state index contributed by atoms with van der Waals surface area (Å²) in [7, 11) is 0.